The van der Waals surface area contributed by atoms with Gasteiger partial charge in [-0.3, -0.25) is 0 Å². The third kappa shape index (κ3) is 3.30. The molecule has 0 atom stereocenters. The third-order valence-electron chi connectivity index (χ3n) is 3.93. The van der Waals surface area contributed by atoms with Crippen LogP contribution >= 0.6 is 0 Å². The number of allylic oxidation sites excluding steroid dienone is 2. The number of para-hydroxylation sites is 1. The van der Waals surface area contributed by atoms with E-state index >= 15 is 0 Å². The SMILES string of the molecule is CCC1=C(N(c2ccccc2)[Si](C)(C)C)CCCC1. The first-order valence-electron chi connectivity index (χ1n) is 7.60. The van der Waals surface area contributed by atoms with E-state index in [2.05, 4.69) is 61.5 Å². The molecule has 0 spiro atoms. The van der Waals surface area contributed by atoms with Crippen molar-refractivity contribution < 1.29 is 0 Å². The number of rotatable bonds is 4. The summed E-state index contributed by atoms with van der Waals surface area (Å²) in [6.07, 6.45) is 6.51. The van der Waals surface area contributed by atoms with E-state index in [-0.39, 0.29) is 0 Å². The molecule has 0 amide bonds. The quantitative estimate of drug-likeness (QED) is 0.649. The van der Waals surface area contributed by atoms with E-state index < -0.39 is 8.24 Å². The highest BCUT2D eigenvalue weighted by Crippen LogP contribution is 2.35. The molecule has 0 N–H and O–H groups in total. The second-order valence-electron chi connectivity index (χ2n) is 6.45. The van der Waals surface area contributed by atoms with Gasteiger partial charge in [-0.2, -0.15) is 0 Å². The van der Waals surface area contributed by atoms with Gasteiger partial charge in [-0.25, -0.2) is 0 Å². The normalized spacial score (nSPS) is 16.6. The Morgan fingerprint density at radius 2 is 1.63 bits per heavy atom. The second kappa shape index (κ2) is 5.95. The van der Waals surface area contributed by atoms with Crippen molar-refractivity contribution in [3.8, 4) is 0 Å². The Kier molecular flexibility index (Phi) is 4.51. The molecule has 1 aromatic carbocycles. The van der Waals surface area contributed by atoms with Gasteiger partial charge in [0, 0.05) is 11.4 Å². The van der Waals surface area contributed by atoms with Crippen LogP contribution in [0.3, 0.4) is 0 Å². The number of benzene rings is 1. The van der Waals surface area contributed by atoms with Gasteiger partial charge in [-0.05, 0) is 44.2 Å². The van der Waals surface area contributed by atoms with Crippen molar-refractivity contribution >= 4 is 13.9 Å². The minimum absolute atomic E-state index is 1.21. The van der Waals surface area contributed by atoms with Crippen molar-refractivity contribution in [1.82, 2.24) is 0 Å². The first-order chi connectivity index (χ1) is 9.04. The molecule has 1 aliphatic rings. The fourth-order valence-corrected chi connectivity index (χ4v) is 5.13. The predicted octanol–water partition coefficient (Wildman–Crippen LogP) is 5.57. The lowest BCUT2D eigenvalue weighted by atomic mass is 9.94. The van der Waals surface area contributed by atoms with E-state index in [1.807, 2.05) is 0 Å². The fourth-order valence-electron chi connectivity index (χ4n) is 3.13. The molecule has 2 heteroatoms. The van der Waals surface area contributed by atoms with Crippen molar-refractivity contribution in [3.05, 3.63) is 41.6 Å². The molecule has 0 aromatic heterocycles. The highest BCUT2D eigenvalue weighted by molar-refractivity contribution is 6.80. The highest BCUT2D eigenvalue weighted by atomic mass is 28.3. The van der Waals surface area contributed by atoms with E-state index in [0.717, 1.165) is 0 Å². The molecular weight excluding hydrogens is 246 g/mol. The van der Waals surface area contributed by atoms with Crippen LogP contribution < -0.4 is 4.57 Å². The van der Waals surface area contributed by atoms with Gasteiger partial charge in [0.05, 0.1) is 0 Å². The summed E-state index contributed by atoms with van der Waals surface area (Å²) in [5, 5.41) is 0. The number of hydrogen-bond donors (Lipinski definition) is 0. The van der Waals surface area contributed by atoms with Crippen molar-refractivity contribution in [1.29, 1.82) is 0 Å². The first-order valence-corrected chi connectivity index (χ1v) is 11.0. The maximum atomic E-state index is 2.70. The topological polar surface area (TPSA) is 3.24 Å². The summed E-state index contributed by atoms with van der Waals surface area (Å²) in [7, 11) is -1.40. The summed E-state index contributed by atoms with van der Waals surface area (Å²) in [6.45, 7) is 9.67. The molecule has 0 aliphatic heterocycles. The zero-order chi connectivity index (χ0) is 13.9. The Bertz CT molecular complexity index is 442. The van der Waals surface area contributed by atoms with Crippen LogP contribution in [0.25, 0.3) is 0 Å². The van der Waals surface area contributed by atoms with Gasteiger partial charge in [-0.15, -0.1) is 0 Å². The molecule has 1 aromatic rings. The average molecular weight is 273 g/mol. The van der Waals surface area contributed by atoms with Crippen molar-refractivity contribution in [3.63, 3.8) is 0 Å². The predicted molar refractivity (Wildman–Crippen MR) is 88.1 cm³/mol. The maximum absolute atomic E-state index is 2.70. The van der Waals surface area contributed by atoms with Crippen molar-refractivity contribution in [2.24, 2.45) is 0 Å². The molecule has 0 saturated carbocycles. The van der Waals surface area contributed by atoms with Gasteiger partial charge in [0.2, 0.25) is 0 Å². The van der Waals surface area contributed by atoms with Crippen molar-refractivity contribution in [2.45, 2.75) is 58.7 Å². The Morgan fingerprint density at radius 3 is 2.21 bits per heavy atom. The van der Waals surface area contributed by atoms with Crippen LogP contribution in [0.1, 0.15) is 39.0 Å². The van der Waals surface area contributed by atoms with Crippen LogP contribution in [0.2, 0.25) is 19.6 Å². The molecule has 0 unspecified atom stereocenters. The number of anilines is 1. The van der Waals surface area contributed by atoms with E-state index in [4.69, 9.17) is 0 Å². The van der Waals surface area contributed by atoms with Crippen molar-refractivity contribution in [2.75, 3.05) is 4.57 Å². The molecule has 1 nitrogen and oxygen atoms in total. The minimum Gasteiger partial charge on any atom is -0.373 e. The van der Waals surface area contributed by atoms with E-state index in [1.165, 1.54) is 37.8 Å². The number of nitrogens with zero attached hydrogens (tertiary/aromatic N) is 1. The Hall–Kier alpha value is -1.02. The lowest BCUT2D eigenvalue weighted by Gasteiger charge is -2.41. The van der Waals surface area contributed by atoms with Crippen LogP contribution in [0.5, 0.6) is 0 Å². The minimum atomic E-state index is -1.40. The van der Waals surface area contributed by atoms with Crippen LogP contribution in [-0.4, -0.2) is 8.24 Å². The molecule has 2 rings (SSSR count). The molecule has 104 valence electrons. The van der Waals surface area contributed by atoms with Crippen LogP contribution in [0.15, 0.2) is 41.6 Å². The lowest BCUT2D eigenvalue weighted by Crippen LogP contribution is -2.46. The molecule has 0 radical (unpaired) electrons. The first kappa shape index (κ1) is 14.4. The lowest BCUT2D eigenvalue weighted by molar-refractivity contribution is 0.648. The van der Waals surface area contributed by atoms with Gasteiger partial charge in [0.1, 0.15) is 0 Å². The fraction of sp³-hybridized carbons (Fsp3) is 0.529. The van der Waals surface area contributed by atoms with Gasteiger partial charge in [0.25, 0.3) is 0 Å². The smallest absolute Gasteiger partial charge is 0.153 e. The van der Waals surface area contributed by atoms with E-state index in [9.17, 15) is 0 Å². The Morgan fingerprint density at radius 1 is 1.00 bits per heavy atom. The largest absolute Gasteiger partial charge is 0.373 e. The molecular formula is C17H27NSi. The molecule has 0 bridgehead atoms. The Labute approximate surface area is 119 Å². The van der Waals surface area contributed by atoms with Crippen LogP contribution in [0.4, 0.5) is 5.69 Å². The third-order valence-corrected chi connectivity index (χ3v) is 5.80. The molecule has 0 saturated heterocycles. The van der Waals surface area contributed by atoms with Crippen LogP contribution in [-0.2, 0) is 0 Å². The molecule has 0 fully saturated rings. The highest BCUT2D eigenvalue weighted by Gasteiger charge is 2.29. The monoisotopic (exact) mass is 273 g/mol. The summed E-state index contributed by atoms with van der Waals surface area (Å²) in [5.41, 5.74) is 4.72. The summed E-state index contributed by atoms with van der Waals surface area (Å²) in [4.78, 5) is 0. The standard InChI is InChI=1S/C17H27NSi/c1-5-15-11-9-10-14-17(15)18(19(2,3)4)16-12-7-6-8-13-16/h6-8,12-13H,5,9-11,14H2,1-4H3. The molecule has 1 aliphatic carbocycles. The van der Waals surface area contributed by atoms with Gasteiger partial charge in [0.15, 0.2) is 8.24 Å². The molecule has 19 heavy (non-hydrogen) atoms. The van der Waals surface area contributed by atoms with Gasteiger partial charge < -0.3 is 4.57 Å². The zero-order valence-electron chi connectivity index (χ0n) is 12.9. The summed E-state index contributed by atoms with van der Waals surface area (Å²) in [5.74, 6) is 0. The molecule has 0 heterocycles. The van der Waals surface area contributed by atoms with E-state index in [0.29, 0.717) is 0 Å². The number of hydrogen-bond acceptors (Lipinski definition) is 1. The van der Waals surface area contributed by atoms with Crippen LogP contribution in [0, 0.1) is 0 Å². The zero-order valence-corrected chi connectivity index (χ0v) is 13.9. The van der Waals surface area contributed by atoms with Gasteiger partial charge in [-0.1, -0.05) is 50.3 Å². The summed E-state index contributed by atoms with van der Waals surface area (Å²) in [6, 6.07) is 11.0. The maximum Gasteiger partial charge on any atom is 0.153 e. The van der Waals surface area contributed by atoms with E-state index in [1.54, 1.807) is 11.3 Å². The Balaban J connectivity index is 2.47. The average Bonchev–Trinajstić information content (AvgIpc) is 2.39. The van der Waals surface area contributed by atoms with Gasteiger partial charge >= 0.3 is 0 Å². The summed E-state index contributed by atoms with van der Waals surface area (Å²) < 4.78 is 2.70. The second-order valence-corrected chi connectivity index (χ2v) is 11.2. The summed E-state index contributed by atoms with van der Waals surface area (Å²) >= 11 is 0.